The van der Waals surface area contributed by atoms with Crippen molar-refractivity contribution in [1.29, 1.82) is 0 Å². The number of rotatable bonds is 4. The van der Waals surface area contributed by atoms with Crippen LogP contribution in [-0.4, -0.2) is 18.0 Å². The first-order chi connectivity index (χ1) is 13.6. The first-order valence-electron chi connectivity index (χ1n) is 10.3. The van der Waals surface area contributed by atoms with E-state index in [1.807, 2.05) is 20.8 Å². The Morgan fingerprint density at radius 3 is 2.55 bits per heavy atom. The smallest absolute Gasteiger partial charge is 0.333 e. The molecule has 0 aliphatic heterocycles. The minimum atomic E-state index is -0.445. The zero-order valence-electron chi connectivity index (χ0n) is 18.3. The third-order valence-corrected chi connectivity index (χ3v) is 6.83. The molecule has 5 unspecified atom stereocenters. The molecule has 0 N–H and O–H groups in total. The highest BCUT2D eigenvalue weighted by Gasteiger charge is 2.57. The number of carbonyl (C=O) groups excluding carboxylic acids is 2. The fourth-order valence-corrected chi connectivity index (χ4v) is 5.00. The van der Waals surface area contributed by atoms with Gasteiger partial charge in [-0.1, -0.05) is 26.0 Å². The highest BCUT2D eigenvalue weighted by atomic mass is 16.6. The van der Waals surface area contributed by atoms with Gasteiger partial charge in [-0.3, -0.25) is 0 Å². The number of aryl methyl sites for hydroxylation is 1. The van der Waals surface area contributed by atoms with Gasteiger partial charge >= 0.3 is 11.9 Å². The van der Waals surface area contributed by atoms with Crippen LogP contribution in [0.4, 0.5) is 0 Å². The largest absolute Gasteiger partial charge is 0.469 e. The van der Waals surface area contributed by atoms with E-state index in [1.165, 1.54) is 6.08 Å². The van der Waals surface area contributed by atoms with Gasteiger partial charge in [0, 0.05) is 35.0 Å². The van der Waals surface area contributed by atoms with E-state index in [2.05, 4.69) is 20.4 Å². The molecule has 158 valence electrons. The zero-order valence-corrected chi connectivity index (χ0v) is 18.3. The molecule has 0 bridgehead atoms. The Morgan fingerprint density at radius 1 is 1.24 bits per heavy atom. The SMILES string of the molecule is C=C(C)C(=O)OC1CCC2Cc3occ(C)c3C(OC(=O)C=C(C)C)C2(C)C1C. The van der Waals surface area contributed by atoms with Crippen LogP contribution in [0, 0.1) is 24.2 Å². The van der Waals surface area contributed by atoms with Gasteiger partial charge in [-0.15, -0.1) is 0 Å². The lowest BCUT2D eigenvalue weighted by molar-refractivity contribution is -0.183. The van der Waals surface area contributed by atoms with E-state index in [-0.39, 0.29) is 35.3 Å². The fraction of sp³-hybridized carbons (Fsp3) is 0.583. The minimum Gasteiger partial charge on any atom is -0.469 e. The summed E-state index contributed by atoms with van der Waals surface area (Å²) in [5.41, 5.74) is 2.88. The maximum absolute atomic E-state index is 12.6. The van der Waals surface area contributed by atoms with Crippen LogP contribution < -0.4 is 0 Å². The van der Waals surface area contributed by atoms with Crippen molar-refractivity contribution in [3.8, 4) is 0 Å². The summed E-state index contributed by atoms with van der Waals surface area (Å²) in [6.45, 7) is 15.4. The van der Waals surface area contributed by atoms with Gasteiger partial charge < -0.3 is 13.9 Å². The van der Waals surface area contributed by atoms with Crippen molar-refractivity contribution >= 4 is 11.9 Å². The van der Waals surface area contributed by atoms with Crippen molar-refractivity contribution in [3.05, 3.63) is 47.0 Å². The van der Waals surface area contributed by atoms with Crippen molar-refractivity contribution in [2.24, 2.45) is 17.3 Å². The second-order valence-corrected chi connectivity index (χ2v) is 9.15. The van der Waals surface area contributed by atoms with Crippen molar-refractivity contribution in [3.63, 3.8) is 0 Å². The molecule has 1 aromatic rings. The van der Waals surface area contributed by atoms with Gasteiger partial charge in [-0.05, 0) is 52.0 Å². The molecule has 5 heteroatoms. The lowest BCUT2D eigenvalue weighted by Crippen LogP contribution is -2.53. The topological polar surface area (TPSA) is 65.7 Å². The van der Waals surface area contributed by atoms with Crippen LogP contribution in [0.5, 0.6) is 0 Å². The van der Waals surface area contributed by atoms with Crippen molar-refractivity contribution in [2.75, 3.05) is 0 Å². The molecule has 2 aliphatic rings. The van der Waals surface area contributed by atoms with Gasteiger partial charge in [-0.25, -0.2) is 9.59 Å². The van der Waals surface area contributed by atoms with Crippen LogP contribution in [0.15, 0.2) is 34.5 Å². The maximum Gasteiger partial charge on any atom is 0.333 e. The molecule has 1 fully saturated rings. The summed E-state index contributed by atoms with van der Waals surface area (Å²) < 4.78 is 17.7. The Labute approximate surface area is 173 Å². The van der Waals surface area contributed by atoms with Crippen molar-refractivity contribution < 1.29 is 23.5 Å². The highest BCUT2D eigenvalue weighted by molar-refractivity contribution is 5.87. The molecule has 1 aromatic heterocycles. The van der Waals surface area contributed by atoms with Crippen LogP contribution in [0.2, 0.25) is 0 Å². The van der Waals surface area contributed by atoms with E-state index in [0.717, 1.165) is 41.7 Å². The van der Waals surface area contributed by atoms with Crippen LogP contribution >= 0.6 is 0 Å². The Kier molecular flexibility index (Phi) is 5.79. The summed E-state index contributed by atoms with van der Waals surface area (Å²) in [6, 6.07) is 0. The number of ether oxygens (including phenoxy) is 2. The molecule has 0 radical (unpaired) electrons. The molecule has 5 atom stereocenters. The lowest BCUT2D eigenvalue weighted by atomic mass is 9.53. The molecule has 1 heterocycles. The van der Waals surface area contributed by atoms with Crippen molar-refractivity contribution in [1.82, 2.24) is 0 Å². The number of hydrogen-bond donors (Lipinski definition) is 0. The van der Waals surface area contributed by atoms with E-state index in [1.54, 1.807) is 13.2 Å². The lowest BCUT2D eigenvalue weighted by Gasteiger charge is -2.54. The summed E-state index contributed by atoms with van der Waals surface area (Å²) in [4.78, 5) is 24.8. The molecular weight excluding hydrogens is 368 g/mol. The van der Waals surface area contributed by atoms with E-state index in [9.17, 15) is 9.59 Å². The molecule has 1 saturated carbocycles. The molecule has 3 rings (SSSR count). The maximum atomic E-state index is 12.6. The number of hydrogen-bond acceptors (Lipinski definition) is 5. The second kappa shape index (κ2) is 7.85. The predicted octanol–water partition coefficient (Wildman–Crippen LogP) is 5.23. The number of fused-ring (bicyclic) bond motifs is 2. The molecule has 2 aliphatic carbocycles. The van der Waals surface area contributed by atoms with Gasteiger partial charge in [-0.2, -0.15) is 0 Å². The fourth-order valence-electron chi connectivity index (χ4n) is 5.00. The number of furan rings is 1. The Hall–Kier alpha value is -2.30. The number of allylic oxidation sites excluding steroid dienone is 1. The molecule has 0 aromatic carbocycles. The van der Waals surface area contributed by atoms with Crippen LogP contribution in [0.1, 0.15) is 70.5 Å². The van der Waals surface area contributed by atoms with Crippen LogP contribution in [0.3, 0.4) is 0 Å². The third-order valence-electron chi connectivity index (χ3n) is 6.83. The van der Waals surface area contributed by atoms with Gasteiger partial charge in [0.05, 0.1) is 6.26 Å². The van der Waals surface area contributed by atoms with Gasteiger partial charge in [0.15, 0.2) is 0 Å². The average Bonchev–Trinajstić information content (AvgIpc) is 2.99. The third kappa shape index (κ3) is 3.79. The summed E-state index contributed by atoms with van der Waals surface area (Å²) >= 11 is 0. The molecule has 0 spiro atoms. The molecule has 0 saturated heterocycles. The Balaban J connectivity index is 2.01. The van der Waals surface area contributed by atoms with Crippen LogP contribution in [0.25, 0.3) is 0 Å². The van der Waals surface area contributed by atoms with Crippen molar-refractivity contribution in [2.45, 2.75) is 73.0 Å². The Bertz CT molecular complexity index is 857. The zero-order chi connectivity index (χ0) is 21.5. The number of carbonyl (C=O) groups is 2. The molecule has 29 heavy (non-hydrogen) atoms. The first kappa shape index (κ1) is 21.4. The summed E-state index contributed by atoms with van der Waals surface area (Å²) in [6.07, 6.45) is 5.06. The van der Waals surface area contributed by atoms with E-state index in [0.29, 0.717) is 5.57 Å². The predicted molar refractivity (Wildman–Crippen MR) is 110 cm³/mol. The minimum absolute atomic E-state index is 0.0107. The summed E-state index contributed by atoms with van der Waals surface area (Å²) in [5, 5.41) is 0. The van der Waals surface area contributed by atoms with Crippen LogP contribution in [-0.2, 0) is 25.5 Å². The van der Waals surface area contributed by atoms with E-state index >= 15 is 0 Å². The van der Waals surface area contributed by atoms with Gasteiger partial charge in [0.2, 0.25) is 0 Å². The summed E-state index contributed by atoms with van der Waals surface area (Å²) in [5.74, 6) is 0.482. The standard InChI is InChI=1S/C24H32O5/c1-13(2)10-20(25)29-22-21-15(5)12-27-19(21)11-17-8-9-18(16(6)24(17,22)7)28-23(26)14(3)4/h10,12,16-18,22H,3,8-9,11H2,1-2,4-7H3. The summed E-state index contributed by atoms with van der Waals surface area (Å²) in [7, 11) is 0. The second-order valence-electron chi connectivity index (χ2n) is 9.15. The van der Waals surface area contributed by atoms with E-state index < -0.39 is 6.10 Å². The van der Waals surface area contributed by atoms with Gasteiger partial charge in [0.1, 0.15) is 18.0 Å². The number of esters is 2. The van der Waals surface area contributed by atoms with E-state index in [4.69, 9.17) is 13.9 Å². The quantitative estimate of drug-likeness (QED) is 0.511. The average molecular weight is 401 g/mol. The molecule has 5 nitrogen and oxygen atoms in total. The van der Waals surface area contributed by atoms with Gasteiger partial charge in [0.25, 0.3) is 0 Å². The first-order valence-corrected chi connectivity index (χ1v) is 10.3. The Morgan fingerprint density at radius 2 is 1.93 bits per heavy atom. The highest BCUT2D eigenvalue weighted by Crippen LogP contribution is 2.60. The normalized spacial score (nSPS) is 30.6. The molecular formula is C24H32O5. The monoisotopic (exact) mass is 400 g/mol. The molecule has 0 amide bonds.